The van der Waals surface area contributed by atoms with Crippen molar-refractivity contribution in [3.8, 4) is 5.75 Å². The van der Waals surface area contributed by atoms with Crippen LogP contribution < -0.4 is 10.1 Å². The first-order valence-electron chi connectivity index (χ1n) is 8.37. The summed E-state index contributed by atoms with van der Waals surface area (Å²) in [5.74, 6) is 4.00. The summed E-state index contributed by atoms with van der Waals surface area (Å²) in [5, 5.41) is 3.76. The summed E-state index contributed by atoms with van der Waals surface area (Å²) in [5.41, 5.74) is 1.34. The summed E-state index contributed by atoms with van der Waals surface area (Å²) in [6.45, 7) is 3.35. The van der Waals surface area contributed by atoms with E-state index in [1.165, 1.54) is 31.2 Å². The normalized spacial score (nSPS) is 34.8. The number of hydrogen-bond acceptors (Lipinski definition) is 2. The van der Waals surface area contributed by atoms with Gasteiger partial charge < -0.3 is 10.1 Å². The monoisotopic (exact) mass is 349 g/mol. The molecule has 0 spiro atoms. The number of fused-ring (bicyclic) bond motifs is 3. The Morgan fingerprint density at radius 1 is 1.33 bits per heavy atom. The van der Waals surface area contributed by atoms with Gasteiger partial charge in [0.15, 0.2) is 0 Å². The first-order valence-corrected chi connectivity index (χ1v) is 9.17. The van der Waals surface area contributed by atoms with Gasteiger partial charge in [0.05, 0.1) is 0 Å². The van der Waals surface area contributed by atoms with E-state index in [4.69, 9.17) is 4.74 Å². The number of rotatable bonds is 4. The molecule has 4 rings (SSSR count). The van der Waals surface area contributed by atoms with Crippen LogP contribution in [-0.2, 0) is 6.42 Å². The lowest BCUT2D eigenvalue weighted by molar-refractivity contribution is 0.199. The molecule has 0 amide bonds. The molecule has 3 heteroatoms. The SMILES string of the molecule is CC(NCC1Cc2cc(Br)ccc2O1)C1CC2CCC1C2. The molecule has 1 aliphatic heterocycles. The summed E-state index contributed by atoms with van der Waals surface area (Å²) in [4.78, 5) is 0. The highest BCUT2D eigenvalue weighted by Crippen LogP contribution is 2.49. The van der Waals surface area contributed by atoms with Crippen LogP contribution >= 0.6 is 15.9 Å². The van der Waals surface area contributed by atoms with E-state index in [-0.39, 0.29) is 0 Å². The summed E-state index contributed by atoms with van der Waals surface area (Å²) >= 11 is 3.54. The van der Waals surface area contributed by atoms with Crippen molar-refractivity contribution in [3.05, 3.63) is 28.2 Å². The maximum atomic E-state index is 6.05. The largest absolute Gasteiger partial charge is 0.488 e. The van der Waals surface area contributed by atoms with Crippen LogP contribution in [0.4, 0.5) is 0 Å². The minimum Gasteiger partial charge on any atom is -0.488 e. The fraction of sp³-hybridized carbons (Fsp3) is 0.667. The molecule has 2 nitrogen and oxygen atoms in total. The van der Waals surface area contributed by atoms with Gasteiger partial charge in [0, 0.05) is 23.5 Å². The second-order valence-corrected chi connectivity index (χ2v) is 8.15. The second-order valence-electron chi connectivity index (χ2n) is 7.23. The lowest BCUT2D eigenvalue weighted by Gasteiger charge is -2.29. The molecule has 5 atom stereocenters. The maximum absolute atomic E-state index is 6.05. The highest BCUT2D eigenvalue weighted by Gasteiger charge is 2.41. The third-order valence-electron chi connectivity index (χ3n) is 5.87. The number of hydrogen-bond donors (Lipinski definition) is 1. The van der Waals surface area contributed by atoms with E-state index >= 15 is 0 Å². The molecule has 0 radical (unpaired) electrons. The Morgan fingerprint density at radius 2 is 2.24 bits per heavy atom. The van der Waals surface area contributed by atoms with Crippen molar-refractivity contribution < 1.29 is 4.74 Å². The fourth-order valence-electron chi connectivity index (χ4n) is 4.78. The Hall–Kier alpha value is -0.540. The van der Waals surface area contributed by atoms with Gasteiger partial charge in [-0.2, -0.15) is 0 Å². The van der Waals surface area contributed by atoms with Crippen LogP contribution in [0.1, 0.15) is 38.2 Å². The van der Waals surface area contributed by atoms with Crippen molar-refractivity contribution >= 4 is 15.9 Å². The molecule has 114 valence electrons. The maximum Gasteiger partial charge on any atom is 0.123 e. The molecular weight excluding hydrogens is 326 g/mol. The van der Waals surface area contributed by atoms with Crippen molar-refractivity contribution in [1.82, 2.24) is 5.32 Å². The van der Waals surface area contributed by atoms with Crippen LogP contribution in [0.25, 0.3) is 0 Å². The summed E-state index contributed by atoms with van der Waals surface area (Å²) < 4.78 is 7.20. The molecule has 2 fully saturated rings. The second kappa shape index (κ2) is 5.58. The quantitative estimate of drug-likeness (QED) is 0.880. The van der Waals surface area contributed by atoms with Gasteiger partial charge in [0.2, 0.25) is 0 Å². The van der Waals surface area contributed by atoms with Gasteiger partial charge in [-0.15, -0.1) is 0 Å². The number of ether oxygens (including phenoxy) is 1. The molecular formula is C18H24BrNO. The van der Waals surface area contributed by atoms with Crippen molar-refractivity contribution in [2.75, 3.05) is 6.54 Å². The Balaban J connectivity index is 1.30. The standard InChI is InChI=1S/C18H24BrNO/c1-11(17-7-12-2-3-13(17)6-12)20-10-16-9-14-8-15(19)4-5-18(14)21-16/h4-5,8,11-13,16-17,20H,2-3,6-7,9-10H2,1H3. The van der Waals surface area contributed by atoms with E-state index in [1.807, 2.05) is 0 Å². The molecule has 1 heterocycles. The Morgan fingerprint density at radius 3 is 3.00 bits per heavy atom. The van der Waals surface area contributed by atoms with Gasteiger partial charge in [-0.1, -0.05) is 22.4 Å². The van der Waals surface area contributed by atoms with Crippen molar-refractivity contribution in [1.29, 1.82) is 0 Å². The zero-order valence-corrected chi connectivity index (χ0v) is 14.2. The molecule has 21 heavy (non-hydrogen) atoms. The van der Waals surface area contributed by atoms with Gasteiger partial charge >= 0.3 is 0 Å². The topological polar surface area (TPSA) is 21.3 Å². The van der Waals surface area contributed by atoms with Crippen LogP contribution in [0.3, 0.4) is 0 Å². The minimum absolute atomic E-state index is 0.301. The van der Waals surface area contributed by atoms with Gasteiger partial charge in [-0.05, 0) is 67.7 Å². The van der Waals surface area contributed by atoms with Crippen LogP contribution in [0.5, 0.6) is 5.75 Å². The van der Waals surface area contributed by atoms with Gasteiger partial charge in [-0.25, -0.2) is 0 Å². The third-order valence-corrected chi connectivity index (χ3v) is 6.36. The fourth-order valence-corrected chi connectivity index (χ4v) is 5.19. The summed E-state index contributed by atoms with van der Waals surface area (Å²) in [6.07, 6.45) is 7.25. The molecule has 1 N–H and O–H groups in total. The Kier molecular flexibility index (Phi) is 3.74. The van der Waals surface area contributed by atoms with E-state index in [9.17, 15) is 0 Å². The Bertz CT molecular complexity index is 532. The average Bonchev–Trinajstić information content (AvgIpc) is 3.18. The molecule has 2 bridgehead atoms. The predicted molar refractivity (Wildman–Crippen MR) is 88.7 cm³/mol. The molecule has 1 aromatic rings. The minimum atomic E-state index is 0.301. The van der Waals surface area contributed by atoms with Gasteiger partial charge in [0.25, 0.3) is 0 Å². The van der Waals surface area contributed by atoms with E-state index in [0.29, 0.717) is 12.1 Å². The average molecular weight is 350 g/mol. The van der Waals surface area contributed by atoms with Crippen LogP contribution in [0, 0.1) is 17.8 Å². The number of halogens is 1. The van der Waals surface area contributed by atoms with Gasteiger partial charge in [-0.3, -0.25) is 0 Å². The zero-order chi connectivity index (χ0) is 14.4. The third kappa shape index (κ3) is 2.75. The molecule has 5 unspecified atom stereocenters. The van der Waals surface area contributed by atoms with E-state index in [0.717, 1.165) is 40.9 Å². The van der Waals surface area contributed by atoms with E-state index in [1.54, 1.807) is 0 Å². The summed E-state index contributed by atoms with van der Waals surface area (Å²) in [6, 6.07) is 6.97. The molecule has 1 aromatic carbocycles. The van der Waals surface area contributed by atoms with Crippen LogP contribution in [-0.4, -0.2) is 18.7 Å². The predicted octanol–water partition coefficient (Wildman–Crippen LogP) is 4.17. The molecule has 2 aliphatic carbocycles. The molecule has 0 saturated heterocycles. The molecule has 3 aliphatic rings. The van der Waals surface area contributed by atoms with E-state index < -0.39 is 0 Å². The number of nitrogens with one attached hydrogen (secondary N) is 1. The van der Waals surface area contributed by atoms with Gasteiger partial charge in [0.1, 0.15) is 11.9 Å². The van der Waals surface area contributed by atoms with Crippen LogP contribution in [0.15, 0.2) is 22.7 Å². The highest BCUT2D eigenvalue weighted by molar-refractivity contribution is 9.10. The van der Waals surface area contributed by atoms with E-state index in [2.05, 4.69) is 46.4 Å². The first kappa shape index (κ1) is 14.1. The first-order chi connectivity index (χ1) is 10.2. The van der Waals surface area contributed by atoms with Crippen molar-refractivity contribution in [2.24, 2.45) is 17.8 Å². The number of benzene rings is 1. The summed E-state index contributed by atoms with van der Waals surface area (Å²) in [7, 11) is 0. The lowest BCUT2D eigenvalue weighted by atomic mass is 9.84. The smallest absolute Gasteiger partial charge is 0.123 e. The van der Waals surface area contributed by atoms with Crippen molar-refractivity contribution in [2.45, 2.75) is 51.2 Å². The molecule has 2 saturated carbocycles. The zero-order valence-electron chi connectivity index (χ0n) is 12.6. The Labute approximate surface area is 135 Å². The van der Waals surface area contributed by atoms with Crippen LogP contribution in [0.2, 0.25) is 0 Å². The highest BCUT2D eigenvalue weighted by atomic mass is 79.9. The lowest BCUT2D eigenvalue weighted by Crippen LogP contribution is -2.41. The van der Waals surface area contributed by atoms with Crippen molar-refractivity contribution in [3.63, 3.8) is 0 Å². The molecule has 0 aromatic heterocycles.